The third kappa shape index (κ3) is 5.74. The van der Waals surface area contributed by atoms with Crippen molar-refractivity contribution in [3.8, 4) is 0 Å². The van der Waals surface area contributed by atoms with Crippen LogP contribution in [0.25, 0.3) is 0 Å². The van der Waals surface area contributed by atoms with Gasteiger partial charge in [-0.3, -0.25) is 4.79 Å². The van der Waals surface area contributed by atoms with Gasteiger partial charge in [-0.25, -0.2) is 0 Å². The predicted molar refractivity (Wildman–Crippen MR) is 86.2 cm³/mol. The second-order valence-electron chi connectivity index (χ2n) is 6.20. The molecule has 0 bridgehead atoms. The van der Waals surface area contributed by atoms with Crippen molar-refractivity contribution in [1.82, 2.24) is 5.32 Å². The van der Waals surface area contributed by atoms with Crippen LogP contribution in [0, 0.1) is 0 Å². The van der Waals surface area contributed by atoms with Crippen LogP contribution in [0.3, 0.4) is 0 Å². The van der Waals surface area contributed by atoms with Crippen molar-refractivity contribution in [3.05, 3.63) is 29.8 Å². The molecule has 112 valence electrons. The molecule has 0 radical (unpaired) electrons. The molecule has 0 atom stereocenters. The van der Waals surface area contributed by atoms with Crippen LogP contribution in [0.4, 0.5) is 5.69 Å². The zero-order valence-corrected chi connectivity index (χ0v) is 13.3. The van der Waals surface area contributed by atoms with E-state index in [1.54, 1.807) is 0 Å². The Hall–Kier alpha value is -1.35. The highest BCUT2D eigenvalue weighted by molar-refractivity contribution is 5.91. The smallest absolute Gasteiger partial charge is 0.225 e. The number of rotatable bonds is 7. The number of anilines is 1. The Balaban J connectivity index is 2.50. The second-order valence-corrected chi connectivity index (χ2v) is 6.20. The van der Waals surface area contributed by atoms with Crippen molar-refractivity contribution in [1.29, 1.82) is 0 Å². The lowest BCUT2D eigenvalue weighted by Gasteiger charge is -2.23. The highest BCUT2D eigenvalue weighted by Crippen LogP contribution is 2.29. The summed E-state index contributed by atoms with van der Waals surface area (Å²) in [5, 5.41) is 6.32. The van der Waals surface area contributed by atoms with Crippen molar-refractivity contribution in [3.63, 3.8) is 0 Å². The average Bonchev–Trinajstić information content (AvgIpc) is 2.38. The summed E-state index contributed by atoms with van der Waals surface area (Å²) in [6.45, 7) is 10.4. The Morgan fingerprint density at radius 2 is 1.85 bits per heavy atom. The molecule has 0 unspecified atom stereocenters. The molecule has 2 N–H and O–H groups in total. The Morgan fingerprint density at radius 1 is 1.15 bits per heavy atom. The number of nitrogens with one attached hydrogen (secondary N) is 2. The SMILES string of the molecule is CCCCNCCC(=O)Nc1ccccc1C(C)(C)C. The molecule has 0 aliphatic carbocycles. The van der Waals surface area contributed by atoms with Gasteiger partial charge in [-0.05, 0) is 30.0 Å². The molecule has 1 aromatic carbocycles. The van der Waals surface area contributed by atoms with Crippen LogP contribution in [-0.4, -0.2) is 19.0 Å². The van der Waals surface area contributed by atoms with E-state index in [1.165, 1.54) is 12.0 Å². The lowest BCUT2D eigenvalue weighted by atomic mass is 9.86. The van der Waals surface area contributed by atoms with Gasteiger partial charge in [-0.2, -0.15) is 0 Å². The number of para-hydroxylation sites is 1. The molecule has 0 aliphatic heterocycles. The van der Waals surface area contributed by atoms with Gasteiger partial charge in [0, 0.05) is 18.7 Å². The number of hydrogen-bond acceptors (Lipinski definition) is 2. The molecule has 3 nitrogen and oxygen atoms in total. The van der Waals surface area contributed by atoms with E-state index in [1.807, 2.05) is 18.2 Å². The summed E-state index contributed by atoms with van der Waals surface area (Å²) in [6.07, 6.45) is 2.86. The fourth-order valence-corrected chi connectivity index (χ4v) is 2.09. The van der Waals surface area contributed by atoms with Crippen LogP contribution in [0.15, 0.2) is 24.3 Å². The summed E-state index contributed by atoms with van der Waals surface area (Å²) in [6, 6.07) is 8.03. The fourth-order valence-electron chi connectivity index (χ4n) is 2.09. The molecule has 1 aromatic rings. The van der Waals surface area contributed by atoms with Crippen molar-refractivity contribution in [2.45, 2.75) is 52.4 Å². The summed E-state index contributed by atoms with van der Waals surface area (Å²) < 4.78 is 0. The molecule has 0 fully saturated rings. The van der Waals surface area contributed by atoms with Crippen LogP contribution < -0.4 is 10.6 Å². The molecular formula is C17H28N2O. The largest absolute Gasteiger partial charge is 0.326 e. The Bertz CT molecular complexity index is 421. The van der Waals surface area contributed by atoms with Crippen LogP contribution in [0.1, 0.15) is 52.5 Å². The van der Waals surface area contributed by atoms with Gasteiger partial charge in [-0.1, -0.05) is 52.3 Å². The summed E-state index contributed by atoms with van der Waals surface area (Å²) in [4.78, 5) is 12.0. The predicted octanol–water partition coefficient (Wildman–Crippen LogP) is 3.70. The number of carbonyl (C=O) groups excluding carboxylic acids is 1. The summed E-state index contributed by atoms with van der Waals surface area (Å²) in [5.74, 6) is 0.0747. The number of unbranched alkanes of at least 4 members (excludes halogenated alkanes) is 1. The lowest BCUT2D eigenvalue weighted by Crippen LogP contribution is -2.24. The standard InChI is InChI=1S/C17H28N2O/c1-5-6-12-18-13-11-16(20)19-15-10-8-7-9-14(15)17(2,3)4/h7-10,18H,5-6,11-13H2,1-4H3,(H,19,20). The van der Waals surface area contributed by atoms with E-state index < -0.39 is 0 Å². The Labute approximate surface area is 123 Å². The van der Waals surface area contributed by atoms with Crippen LogP contribution in [0.5, 0.6) is 0 Å². The van der Waals surface area contributed by atoms with E-state index in [-0.39, 0.29) is 11.3 Å². The molecule has 3 heteroatoms. The number of benzene rings is 1. The zero-order valence-electron chi connectivity index (χ0n) is 13.3. The first kappa shape index (κ1) is 16.7. The lowest BCUT2D eigenvalue weighted by molar-refractivity contribution is -0.116. The average molecular weight is 276 g/mol. The second kappa shape index (κ2) is 8.05. The highest BCUT2D eigenvalue weighted by Gasteiger charge is 2.18. The topological polar surface area (TPSA) is 41.1 Å². The monoisotopic (exact) mass is 276 g/mol. The van der Waals surface area contributed by atoms with Crippen molar-refractivity contribution >= 4 is 11.6 Å². The fraction of sp³-hybridized carbons (Fsp3) is 0.588. The van der Waals surface area contributed by atoms with Gasteiger partial charge in [0.15, 0.2) is 0 Å². The minimum Gasteiger partial charge on any atom is -0.326 e. The third-order valence-corrected chi connectivity index (χ3v) is 3.25. The Kier molecular flexibility index (Phi) is 6.73. The van der Waals surface area contributed by atoms with Gasteiger partial charge in [-0.15, -0.1) is 0 Å². The van der Waals surface area contributed by atoms with E-state index in [2.05, 4.69) is 44.4 Å². The molecule has 0 heterocycles. The van der Waals surface area contributed by atoms with E-state index in [0.29, 0.717) is 6.42 Å². The number of amides is 1. The first-order valence-corrected chi connectivity index (χ1v) is 7.55. The van der Waals surface area contributed by atoms with Crippen LogP contribution >= 0.6 is 0 Å². The van der Waals surface area contributed by atoms with Gasteiger partial charge in [0.1, 0.15) is 0 Å². The zero-order chi connectivity index (χ0) is 15.0. The molecule has 0 spiro atoms. The van der Waals surface area contributed by atoms with Gasteiger partial charge in [0.25, 0.3) is 0 Å². The minimum atomic E-state index is 0.0310. The molecule has 0 saturated carbocycles. The molecule has 0 aromatic heterocycles. The number of carbonyl (C=O) groups is 1. The summed E-state index contributed by atoms with van der Waals surface area (Å²) >= 11 is 0. The van der Waals surface area contributed by atoms with Gasteiger partial charge < -0.3 is 10.6 Å². The van der Waals surface area contributed by atoms with Gasteiger partial charge in [0.05, 0.1) is 0 Å². The third-order valence-electron chi connectivity index (χ3n) is 3.25. The van der Waals surface area contributed by atoms with Crippen molar-refractivity contribution in [2.24, 2.45) is 0 Å². The summed E-state index contributed by atoms with van der Waals surface area (Å²) in [5.41, 5.74) is 2.13. The van der Waals surface area contributed by atoms with E-state index in [4.69, 9.17) is 0 Å². The number of hydrogen-bond donors (Lipinski definition) is 2. The van der Waals surface area contributed by atoms with Gasteiger partial charge in [0.2, 0.25) is 5.91 Å². The first-order valence-electron chi connectivity index (χ1n) is 7.55. The Morgan fingerprint density at radius 3 is 2.50 bits per heavy atom. The molecular weight excluding hydrogens is 248 g/mol. The quantitative estimate of drug-likeness (QED) is 0.746. The first-order chi connectivity index (χ1) is 9.45. The maximum Gasteiger partial charge on any atom is 0.225 e. The van der Waals surface area contributed by atoms with E-state index in [9.17, 15) is 4.79 Å². The van der Waals surface area contributed by atoms with Crippen LogP contribution in [-0.2, 0) is 10.2 Å². The maximum atomic E-state index is 12.0. The molecule has 20 heavy (non-hydrogen) atoms. The van der Waals surface area contributed by atoms with E-state index >= 15 is 0 Å². The molecule has 1 amide bonds. The molecule has 0 saturated heterocycles. The summed E-state index contributed by atoms with van der Waals surface area (Å²) in [7, 11) is 0. The minimum absolute atomic E-state index is 0.0310. The van der Waals surface area contributed by atoms with Gasteiger partial charge >= 0.3 is 0 Å². The van der Waals surface area contributed by atoms with E-state index in [0.717, 1.165) is 25.2 Å². The highest BCUT2D eigenvalue weighted by atomic mass is 16.1. The van der Waals surface area contributed by atoms with Crippen LogP contribution in [0.2, 0.25) is 0 Å². The maximum absolute atomic E-state index is 12.0. The van der Waals surface area contributed by atoms with Crippen molar-refractivity contribution in [2.75, 3.05) is 18.4 Å². The normalized spacial score (nSPS) is 11.4. The molecule has 1 rings (SSSR count). The van der Waals surface area contributed by atoms with Crippen molar-refractivity contribution < 1.29 is 4.79 Å². The molecule has 0 aliphatic rings.